The summed E-state index contributed by atoms with van der Waals surface area (Å²) in [5, 5.41) is 9.73. The zero-order valence-corrected chi connectivity index (χ0v) is 7.86. The van der Waals surface area contributed by atoms with Gasteiger partial charge in [0, 0.05) is 0 Å². The van der Waals surface area contributed by atoms with Crippen molar-refractivity contribution in [3.8, 4) is 0 Å². The van der Waals surface area contributed by atoms with Crippen LogP contribution in [0.5, 0.6) is 0 Å². The van der Waals surface area contributed by atoms with Gasteiger partial charge in [-0.2, -0.15) is 0 Å². The molecule has 3 N–H and O–H groups in total. The number of aliphatic hydroxyl groups excluding tert-OH is 1. The summed E-state index contributed by atoms with van der Waals surface area (Å²) in [5.74, 6) is 0.139. The second kappa shape index (κ2) is 4.21. The first-order valence-electron chi connectivity index (χ1n) is 4.68. The second-order valence-electron chi connectivity index (χ2n) is 3.77. The Hall–Kier alpha value is -0.120. The van der Waals surface area contributed by atoms with Crippen LogP contribution in [0.3, 0.4) is 0 Å². The lowest BCUT2D eigenvalue weighted by Crippen LogP contribution is -2.35. The van der Waals surface area contributed by atoms with Gasteiger partial charge in [0.05, 0.1) is 18.3 Å². The monoisotopic (exact) mass is 173 g/mol. The minimum Gasteiger partial charge on any atom is -0.390 e. The second-order valence-corrected chi connectivity index (χ2v) is 3.77. The van der Waals surface area contributed by atoms with Crippen LogP contribution in [-0.2, 0) is 4.74 Å². The van der Waals surface area contributed by atoms with Crippen molar-refractivity contribution in [2.75, 3.05) is 6.54 Å². The van der Waals surface area contributed by atoms with E-state index in [0.29, 0.717) is 12.6 Å². The maximum absolute atomic E-state index is 9.73. The predicted octanol–water partition coefficient (Wildman–Crippen LogP) is 0.510. The fourth-order valence-electron chi connectivity index (χ4n) is 1.59. The Morgan fingerprint density at radius 1 is 1.58 bits per heavy atom. The third-order valence-electron chi connectivity index (χ3n) is 2.60. The van der Waals surface area contributed by atoms with E-state index in [2.05, 4.69) is 0 Å². The summed E-state index contributed by atoms with van der Waals surface area (Å²) >= 11 is 0. The molecule has 0 saturated carbocycles. The zero-order chi connectivity index (χ0) is 9.14. The fraction of sp³-hybridized carbons (Fsp3) is 1.00. The summed E-state index contributed by atoms with van der Waals surface area (Å²) in [6, 6.07) is 0. The Morgan fingerprint density at radius 2 is 2.25 bits per heavy atom. The first-order valence-corrected chi connectivity index (χ1v) is 4.68. The predicted molar refractivity (Wildman–Crippen MR) is 47.8 cm³/mol. The first kappa shape index (κ1) is 9.96. The third-order valence-corrected chi connectivity index (χ3v) is 2.60. The van der Waals surface area contributed by atoms with Crippen LogP contribution in [0.25, 0.3) is 0 Å². The molecule has 1 rings (SSSR count). The van der Waals surface area contributed by atoms with Crippen molar-refractivity contribution in [2.45, 2.75) is 45.0 Å². The number of rotatable bonds is 3. The van der Waals surface area contributed by atoms with Crippen molar-refractivity contribution in [3.05, 3.63) is 0 Å². The lowest BCUT2D eigenvalue weighted by Gasteiger charge is -2.23. The molecule has 72 valence electrons. The zero-order valence-electron chi connectivity index (χ0n) is 7.86. The van der Waals surface area contributed by atoms with Crippen molar-refractivity contribution < 1.29 is 9.84 Å². The standard InChI is InChI=1S/C9H19NO2/c1-6(5-10)9(11)8-4-3-7(2)12-8/h6-9,11H,3-5,10H2,1-2H3. The number of nitrogens with two attached hydrogens (primary N) is 1. The van der Waals surface area contributed by atoms with E-state index in [4.69, 9.17) is 10.5 Å². The van der Waals surface area contributed by atoms with Gasteiger partial charge in [0.25, 0.3) is 0 Å². The van der Waals surface area contributed by atoms with Crippen LogP contribution in [0.15, 0.2) is 0 Å². The minimum atomic E-state index is -0.389. The summed E-state index contributed by atoms with van der Waals surface area (Å²) in [6.45, 7) is 4.52. The largest absolute Gasteiger partial charge is 0.390 e. The van der Waals surface area contributed by atoms with Crippen molar-refractivity contribution in [2.24, 2.45) is 11.7 Å². The molecule has 0 aromatic rings. The molecule has 1 aliphatic rings. The number of ether oxygens (including phenoxy) is 1. The Bertz CT molecular complexity index is 140. The highest BCUT2D eigenvalue weighted by Gasteiger charge is 2.30. The average molecular weight is 173 g/mol. The van der Waals surface area contributed by atoms with Crippen LogP contribution in [0.1, 0.15) is 26.7 Å². The molecular weight excluding hydrogens is 154 g/mol. The van der Waals surface area contributed by atoms with Gasteiger partial charge in [0.15, 0.2) is 0 Å². The van der Waals surface area contributed by atoms with Gasteiger partial charge in [0.1, 0.15) is 0 Å². The molecule has 4 unspecified atom stereocenters. The molecule has 12 heavy (non-hydrogen) atoms. The number of hydrogen-bond acceptors (Lipinski definition) is 3. The third kappa shape index (κ3) is 2.19. The molecule has 1 heterocycles. The van der Waals surface area contributed by atoms with Crippen molar-refractivity contribution in [1.29, 1.82) is 0 Å². The quantitative estimate of drug-likeness (QED) is 0.654. The van der Waals surface area contributed by atoms with E-state index >= 15 is 0 Å². The van der Waals surface area contributed by atoms with E-state index in [0.717, 1.165) is 12.8 Å². The maximum atomic E-state index is 9.73. The summed E-state index contributed by atoms with van der Waals surface area (Å²) in [7, 11) is 0. The first-order chi connectivity index (χ1) is 5.65. The van der Waals surface area contributed by atoms with E-state index in [1.807, 2.05) is 13.8 Å². The summed E-state index contributed by atoms with van der Waals surface area (Å²) in [6.07, 6.45) is 1.94. The van der Waals surface area contributed by atoms with Gasteiger partial charge in [-0.05, 0) is 32.2 Å². The van der Waals surface area contributed by atoms with E-state index in [1.165, 1.54) is 0 Å². The molecular formula is C9H19NO2. The van der Waals surface area contributed by atoms with E-state index in [1.54, 1.807) is 0 Å². The molecule has 0 aliphatic carbocycles. The van der Waals surface area contributed by atoms with Crippen LogP contribution in [0.2, 0.25) is 0 Å². The van der Waals surface area contributed by atoms with Gasteiger partial charge in [0.2, 0.25) is 0 Å². The molecule has 0 radical (unpaired) electrons. The normalized spacial score (nSPS) is 35.0. The van der Waals surface area contributed by atoms with Crippen molar-refractivity contribution >= 4 is 0 Å². The molecule has 0 aromatic heterocycles. The van der Waals surface area contributed by atoms with Crippen molar-refractivity contribution in [1.82, 2.24) is 0 Å². The van der Waals surface area contributed by atoms with Gasteiger partial charge in [-0.1, -0.05) is 6.92 Å². The highest BCUT2D eigenvalue weighted by atomic mass is 16.5. The molecule has 1 aliphatic heterocycles. The average Bonchev–Trinajstić information content (AvgIpc) is 2.49. The molecule has 3 nitrogen and oxygen atoms in total. The highest BCUT2D eigenvalue weighted by Crippen LogP contribution is 2.24. The lowest BCUT2D eigenvalue weighted by molar-refractivity contribution is -0.0484. The van der Waals surface area contributed by atoms with E-state index in [9.17, 15) is 5.11 Å². The Labute approximate surface area is 73.9 Å². The van der Waals surface area contributed by atoms with Crippen LogP contribution >= 0.6 is 0 Å². The van der Waals surface area contributed by atoms with Crippen LogP contribution in [0, 0.1) is 5.92 Å². The van der Waals surface area contributed by atoms with Gasteiger partial charge in [-0.3, -0.25) is 0 Å². The summed E-state index contributed by atoms with van der Waals surface area (Å²) in [5.41, 5.74) is 5.46. The molecule has 1 fully saturated rings. The van der Waals surface area contributed by atoms with Gasteiger partial charge < -0.3 is 15.6 Å². The molecule has 3 heteroatoms. The van der Waals surface area contributed by atoms with Gasteiger partial charge in [-0.15, -0.1) is 0 Å². The number of hydrogen-bond donors (Lipinski definition) is 2. The fourth-order valence-corrected chi connectivity index (χ4v) is 1.59. The molecule has 0 aromatic carbocycles. The number of aliphatic hydroxyl groups is 1. The van der Waals surface area contributed by atoms with Crippen LogP contribution in [-0.4, -0.2) is 30.0 Å². The summed E-state index contributed by atoms with van der Waals surface area (Å²) < 4.78 is 5.54. The summed E-state index contributed by atoms with van der Waals surface area (Å²) in [4.78, 5) is 0. The van der Waals surface area contributed by atoms with Gasteiger partial charge in [-0.25, -0.2) is 0 Å². The Balaban J connectivity index is 2.37. The van der Waals surface area contributed by atoms with Crippen LogP contribution in [0.4, 0.5) is 0 Å². The SMILES string of the molecule is CC1CCC(C(O)C(C)CN)O1. The molecule has 4 atom stereocenters. The molecule has 1 saturated heterocycles. The maximum Gasteiger partial charge on any atom is 0.0841 e. The van der Waals surface area contributed by atoms with Crippen molar-refractivity contribution in [3.63, 3.8) is 0 Å². The van der Waals surface area contributed by atoms with E-state index < -0.39 is 0 Å². The van der Waals surface area contributed by atoms with Gasteiger partial charge >= 0.3 is 0 Å². The molecule has 0 spiro atoms. The highest BCUT2D eigenvalue weighted by molar-refractivity contribution is 4.80. The lowest BCUT2D eigenvalue weighted by atomic mass is 9.98. The minimum absolute atomic E-state index is 0.0125. The van der Waals surface area contributed by atoms with E-state index in [-0.39, 0.29) is 18.1 Å². The Kier molecular flexibility index (Phi) is 3.50. The topological polar surface area (TPSA) is 55.5 Å². The van der Waals surface area contributed by atoms with Crippen LogP contribution < -0.4 is 5.73 Å². The molecule has 0 bridgehead atoms. The Morgan fingerprint density at radius 3 is 2.67 bits per heavy atom. The molecule has 0 amide bonds. The smallest absolute Gasteiger partial charge is 0.0841 e.